The van der Waals surface area contributed by atoms with E-state index in [4.69, 9.17) is 11.6 Å². The molecule has 110 valence electrons. The van der Waals surface area contributed by atoms with E-state index >= 15 is 0 Å². The maximum Gasteiger partial charge on any atom is 0.348 e. The van der Waals surface area contributed by atoms with Gasteiger partial charge in [-0.15, -0.1) is 0 Å². The van der Waals surface area contributed by atoms with Crippen LogP contribution < -0.4 is 4.90 Å². The summed E-state index contributed by atoms with van der Waals surface area (Å²) in [5.41, 5.74) is 0.793. The third-order valence-electron chi connectivity index (χ3n) is 3.01. The molecule has 0 aliphatic carbocycles. The fourth-order valence-electron chi connectivity index (χ4n) is 2.04. The van der Waals surface area contributed by atoms with Gasteiger partial charge < -0.3 is 4.90 Å². The van der Waals surface area contributed by atoms with Crippen LogP contribution in [0.3, 0.4) is 0 Å². The molecule has 0 saturated heterocycles. The summed E-state index contributed by atoms with van der Waals surface area (Å²) < 4.78 is 0. The molecular weight excluding hydrogens is 292 g/mol. The van der Waals surface area contributed by atoms with Gasteiger partial charge in [0, 0.05) is 13.1 Å². The molecule has 0 amide bonds. The van der Waals surface area contributed by atoms with Gasteiger partial charge in [0.1, 0.15) is 5.82 Å². The van der Waals surface area contributed by atoms with E-state index in [9.17, 15) is 10.1 Å². The molecule has 0 unspecified atom stereocenters. The number of nitrogens with zero attached hydrogens (tertiary/aromatic N) is 4. The maximum atomic E-state index is 11.2. The Morgan fingerprint density at radius 1 is 1.29 bits per heavy atom. The summed E-state index contributed by atoms with van der Waals surface area (Å²) in [5, 5.41) is 11.1. The number of benzene rings is 1. The van der Waals surface area contributed by atoms with E-state index in [1.807, 2.05) is 42.2 Å². The number of anilines is 1. The van der Waals surface area contributed by atoms with Crippen LogP contribution in [0.4, 0.5) is 11.5 Å². The zero-order valence-corrected chi connectivity index (χ0v) is 12.5. The van der Waals surface area contributed by atoms with Crippen LogP contribution >= 0.6 is 11.6 Å². The van der Waals surface area contributed by atoms with Crippen molar-refractivity contribution in [1.29, 1.82) is 0 Å². The first-order valence-corrected chi connectivity index (χ1v) is 6.88. The second-order valence-electron chi connectivity index (χ2n) is 4.49. The van der Waals surface area contributed by atoms with Crippen molar-refractivity contribution >= 4 is 23.1 Å². The van der Waals surface area contributed by atoms with E-state index in [-0.39, 0.29) is 16.7 Å². The van der Waals surface area contributed by atoms with Crippen LogP contribution in [0.15, 0.2) is 30.3 Å². The van der Waals surface area contributed by atoms with Gasteiger partial charge in [0.25, 0.3) is 0 Å². The van der Waals surface area contributed by atoms with E-state index < -0.39 is 4.92 Å². The molecule has 1 aromatic heterocycles. The topological polar surface area (TPSA) is 72.2 Å². The highest BCUT2D eigenvalue weighted by molar-refractivity contribution is 6.31. The average molecular weight is 307 g/mol. The molecule has 21 heavy (non-hydrogen) atoms. The standard InChI is InChI=1S/C14H15ClN4O2/c1-3-18(9-11-7-5-4-6-8-11)14-12(19(20)21)13(15)16-10(2)17-14/h4-8H,3,9H2,1-2H3. The molecule has 6 nitrogen and oxygen atoms in total. The van der Waals surface area contributed by atoms with E-state index in [1.165, 1.54) is 0 Å². The largest absolute Gasteiger partial charge is 0.348 e. The second-order valence-corrected chi connectivity index (χ2v) is 4.85. The number of aryl methyl sites for hydroxylation is 1. The molecule has 0 N–H and O–H groups in total. The average Bonchev–Trinajstić information content (AvgIpc) is 2.44. The van der Waals surface area contributed by atoms with Gasteiger partial charge in [-0.1, -0.05) is 41.9 Å². The molecule has 2 aromatic rings. The van der Waals surface area contributed by atoms with Crippen molar-refractivity contribution in [2.75, 3.05) is 11.4 Å². The lowest BCUT2D eigenvalue weighted by atomic mass is 10.2. The molecule has 1 aromatic carbocycles. The Morgan fingerprint density at radius 2 is 1.95 bits per heavy atom. The Balaban J connectivity index is 2.44. The number of rotatable bonds is 5. The quantitative estimate of drug-likeness (QED) is 0.481. The molecule has 0 aliphatic heterocycles. The van der Waals surface area contributed by atoms with Crippen molar-refractivity contribution in [2.45, 2.75) is 20.4 Å². The summed E-state index contributed by atoms with van der Waals surface area (Å²) in [5.74, 6) is 0.663. The van der Waals surface area contributed by atoms with Crippen molar-refractivity contribution in [1.82, 2.24) is 9.97 Å². The number of aromatic nitrogens is 2. The lowest BCUT2D eigenvalue weighted by Crippen LogP contribution is -2.24. The van der Waals surface area contributed by atoms with Crippen LogP contribution in [-0.4, -0.2) is 21.4 Å². The van der Waals surface area contributed by atoms with Crippen LogP contribution in [0.25, 0.3) is 0 Å². The second kappa shape index (κ2) is 6.49. The van der Waals surface area contributed by atoms with Gasteiger partial charge in [-0.3, -0.25) is 10.1 Å². The number of hydrogen-bond acceptors (Lipinski definition) is 5. The van der Waals surface area contributed by atoms with Crippen LogP contribution in [0.2, 0.25) is 5.15 Å². The molecule has 0 bridgehead atoms. The zero-order chi connectivity index (χ0) is 15.4. The van der Waals surface area contributed by atoms with Crippen LogP contribution in [0.1, 0.15) is 18.3 Å². The van der Waals surface area contributed by atoms with Gasteiger partial charge in [0.15, 0.2) is 0 Å². The number of halogens is 1. The number of nitro groups is 1. The van der Waals surface area contributed by atoms with Gasteiger partial charge in [-0.25, -0.2) is 9.97 Å². The van der Waals surface area contributed by atoms with Gasteiger partial charge in [-0.05, 0) is 19.4 Å². The fraction of sp³-hybridized carbons (Fsp3) is 0.286. The summed E-state index contributed by atoms with van der Waals surface area (Å²) in [7, 11) is 0. The Labute approximate surface area is 127 Å². The molecular formula is C14H15ClN4O2. The lowest BCUT2D eigenvalue weighted by molar-refractivity contribution is -0.384. The molecule has 1 heterocycles. The lowest BCUT2D eigenvalue weighted by Gasteiger charge is -2.22. The summed E-state index contributed by atoms with van der Waals surface area (Å²) in [6.45, 7) is 4.67. The highest BCUT2D eigenvalue weighted by Gasteiger charge is 2.26. The molecule has 0 fully saturated rings. The van der Waals surface area contributed by atoms with Crippen LogP contribution in [0, 0.1) is 17.0 Å². The van der Waals surface area contributed by atoms with E-state index in [0.717, 1.165) is 5.56 Å². The van der Waals surface area contributed by atoms with Gasteiger partial charge in [0.2, 0.25) is 11.0 Å². The zero-order valence-electron chi connectivity index (χ0n) is 11.8. The van der Waals surface area contributed by atoms with Gasteiger partial charge >= 0.3 is 5.69 Å². The summed E-state index contributed by atoms with van der Waals surface area (Å²) in [6.07, 6.45) is 0. The monoisotopic (exact) mass is 306 g/mol. The molecule has 2 rings (SSSR count). The van der Waals surface area contributed by atoms with Crippen molar-refractivity contribution in [2.24, 2.45) is 0 Å². The minimum absolute atomic E-state index is 0.131. The van der Waals surface area contributed by atoms with Gasteiger partial charge in [-0.2, -0.15) is 0 Å². The smallest absolute Gasteiger partial charge is 0.347 e. The molecule has 0 saturated carbocycles. The first-order valence-electron chi connectivity index (χ1n) is 6.50. The van der Waals surface area contributed by atoms with E-state index in [2.05, 4.69) is 9.97 Å². The minimum atomic E-state index is -0.537. The molecule has 0 atom stereocenters. The normalized spacial score (nSPS) is 10.4. The Morgan fingerprint density at radius 3 is 2.52 bits per heavy atom. The SMILES string of the molecule is CCN(Cc1ccccc1)c1nc(C)nc(Cl)c1[N+](=O)[O-]. The molecule has 0 aliphatic rings. The third-order valence-corrected chi connectivity index (χ3v) is 3.28. The van der Waals surface area contributed by atoms with Crippen molar-refractivity contribution in [3.63, 3.8) is 0 Å². The van der Waals surface area contributed by atoms with Crippen molar-refractivity contribution in [3.8, 4) is 0 Å². The third kappa shape index (κ3) is 3.46. The first-order chi connectivity index (χ1) is 10.0. The highest BCUT2D eigenvalue weighted by atomic mass is 35.5. The summed E-state index contributed by atoms with van der Waals surface area (Å²) >= 11 is 5.91. The Kier molecular flexibility index (Phi) is 4.70. The Bertz CT molecular complexity index is 649. The predicted octanol–water partition coefficient (Wildman–Crippen LogP) is 3.37. The molecule has 7 heteroatoms. The number of hydrogen-bond donors (Lipinski definition) is 0. The highest BCUT2D eigenvalue weighted by Crippen LogP contribution is 2.32. The Hall–Kier alpha value is -2.21. The maximum absolute atomic E-state index is 11.2. The molecule has 0 spiro atoms. The van der Waals surface area contributed by atoms with E-state index in [0.29, 0.717) is 18.9 Å². The predicted molar refractivity (Wildman–Crippen MR) is 81.6 cm³/mol. The fourth-order valence-corrected chi connectivity index (χ4v) is 2.31. The van der Waals surface area contributed by atoms with Crippen molar-refractivity contribution in [3.05, 3.63) is 57.0 Å². The van der Waals surface area contributed by atoms with Crippen LogP contribution in [0.5, 0.6) is 0 Å². The summed E-state index contributed by atoms with van der Waals surface area (Å²) in [4.78, 5) is 20.6. The molecule has 0 radical (unpaired) electrons. The van der Waals surface area contributed by atoms with E-state index in [1.54, 1.807) is 6.92 Å². The first kappa shape index (κ1) is 15.2. The van der Waals surface area contributed by atoms with Gasteiger partial charge in [0.05, 0.1) is 4.92 Å². The van der Waals surface area contributed by atoms with Crippen molar-refractivity contribution < 1.29 is 4.92 Å². The minimum Gasteiger partial charge on any atom is -0.347 e. The summed E-state index contributed by atoms with van der Waals surface area (Å²) in [6, 6.07) is 9.70. The van der Waals surface area contributed by atoms with Crippen LogP contribution in [-0.2, 0) is 6.54 Å².